The summed E-state index contributed by atoms with van der Waals surface area (Å²) in [6.07, 6.45) is 6.51. The molecule has 1 aromatic carbocycles. The maximum Gasteiger partial charge on any atom is 0.242 e. The number of amides is 1. The third-order valence-corrected chi connectivity index (χ3v) is 6.03. The quantitative estimate of drug-likeness (QED) is 0.240. The van der Waals surface area contributed by atoms with Crippen LogP contribution in [0, 0.1) is 0 Å². The monoisotopic (exact) mass is 542 g/mol. The number of likely N-dealkylation sites (tertiary alicyclic amines) is 1. The SMILES string of the molecule is CN=C(NCCCN1CCCCCC1)NCC(=O)N1CCN(c2ccccc2)CC1.I. The van der Waals surface area contributed by atoms with Crippen molar-refractivity contribution >= 4 is 41.5 Å². The molecule has 0 radical (unpaired) electrons. The van der Waals surface area contributed by atoms with Crippen molar-refractivity contribution in [2.24, 2.45) is 4.99 Å². The molecule has 0 aromatic heterocycles. The summed E-state index contributed by atoms with van der Waals surface area (Å²) in [6, 6.07) is 10.4. The first-order valence-corrected chi connectivity index (χ1v) is 11.5. The van der Waals surface area contributed by atoms with Crippen molar-refractivity contribution in [2.45, 2.75) is 32.1 Å². The number of piperazine rings is 1. The summed E-state index contributed by atoms with van der Waals surface area (Å²) in [6.45, 7) is 8.04. The second-order valence-corrected chi connectivity index (χ2v) is 8.17. The minimum Gasteiger partial charge on any atom is -0.368 e. The molecule has 8 heteroatoms. The number of nitrogens with zero attached hydrogens (tertiary/aromatic N) is 4. The van der Waals surface area contributed by atoms with E-state index in [9.17, 15) is 4.79 Å². The van der Waals surface area contributed by atoms with E-state index in [1.54, 1.807) is 7.05 Å². The molecule has 2 heterocycles. The fourth-order valence-corrected chi connectivity index (χ4v) is 4.21. The van der Waals surface area contributed by atoms with Crippen molar-refractivity contribution in [1.29, 1.82) is 0 Å². The van der Waals surface area contributed by atoms with E-state index < -0.39 is 0 Å². The number of guanidine groups is 1. The summed E-state index contributed by atoms with van der Waals surface area (Å²) in [5, 5.41) is 6.52. The van der Waals surface area contributed by atoms with E-state index in [2.05, 4.69) is 49.7 Å². The van der Waals surface area contributed by atoms with Crippen LogP contribution in [0.3, 0.4) is 0 Å². The molecule has 3 rings (SSSR count). The molecule has 2 aliphatic heterocycles. The normalized spacial score (nSPS) is 18.2. The predicted octanol–water partition coefficient (Wildman–Crippen LogP) is 2.38. The van der Waals surface area contributed by atoms with Crippen LogP contribution in [0.4, 0.5) is 5.69 Å². The first-order chi connectivity index (χ1) is 14.8. The van der Waals surface area contributed by atoms with E-state index in [0.29, 0.717) is 5.96 Å². The van der Waals surface area contributed by atoms with Gasteiger partial charge in [-0.05, 0) is 51.0 Å². The Morgan fingerprint density at radius 3 is 2.26 bits per heavy atom. The lowest BCUT2D eigenvalue weighted by molar-refractivity contribution is -0.130. The molecule has 31 heavy (non-hydrogen) atoms. The molecule has 1 amide bonds. The van der Waals surface area contributed by atoms with E-state index in [1.807, 2.05) is 11.0 Å². The minimum absolute atomic E-state index is 0. The third-order valence-electron chi connectivity index (χ3n) is 6.03. The molecule has 2 aliphatic rings. The number of carbonyl (C=O) groups excluding carboxylic acids is 1. The lowest BCUT2D eigenvalue weighted by Gasteiger charge is -2.36. The number of para-hydroxylation sites is 1. The van der Waals surface area contributed by atoms with Gasteiger partial charge in [-0.15, -0.1) is 24.0 Å². The Bertz CT molecular complexity index is 655. The van der Waals surface area contributed by atoms with Gasteiger partial charge in [0.2, 0.25) is 5.91 Å². The van der Waals surface area contributed by atoms with E-state index in [4.69, 9.17) is 0 Å². The van der Waals surface area contributed by atoms with E-state index >= 15 is 0 Å². The van der Waals surface area contributed by atoms with Gasteiger partial charge in [0.25, 0.3) is 0 Å². The summed E-state index contributed by atoms with van der Waals surface area (Å²) in [4.78, 5) is 23.7. The first kappa shape index (κ1) is 25.7. The van der Waals surface area contributed by atoms with E-state index in [1.165, 1.54) is 44.5 Å². The van der Waals surface area contributed by atoms with Gasteiger partial charge in [0.05, 0.1) is 6.54 Å². The molecule has 174 valence electrons. The summed E-state index contributed by atoms with van der Waals surface area (Å²) < 4.78 is 0. The summed E-state index contributed by atoms with van der Waals surface area (Å²) in [5.41, 5.74) is 1.23. The zero-order chi connectivity index (χ0) is 21.0. The number of hydrogen-bond acceptors (Lipinski definition) is 4. The third kappa shape index (κ3) is 8.84. The lowest BCUT2D eigenvalue weighted by atomic mass is 10.2. The van der Waals surface area contributed by atoms with E-state index in [0.717, 1.165) is 45.7 Å². The second kappa shape index (κ2) is 14.5. The molecule has 0 spiro atoms. The lowest BCUT2D eigenvalue weighted by Crippen LogP contribution is -2.52. The van der Waals surface area contributed by atoms with Crippen molar-refractivity contribution in [3.8, 4) is 0 Å². The molecule has 2 fully saturated rings. The van der Waals surface area contributed by atoms with Crippen LogP contribution in [-0.2, 0) is 4.79 Å². The largest absolute Gasteiger partial charge is 0.368 e. The van der Waals surface area contributed by atoms with Gasteiger partial charge in [0, 0.05) is 45.5 Å². The highest BCUT2D eigenvalue weighted by Gasteiger charge is 2.21. The summed E-state index contributed by atoms with van der Waals surface area (Å²) in [7, 11) is 1.76. The molecule has 0 saturated carbocycles. The highest BCUT2D eigenvalue weighted by atomic mass is 127. The molecular weight excluding hydrogens is 503 g/mol. The number of benzene rings is 1. The number of nitrogens with one attached hydrogen (secondary N) is 2. The number of hydrogen-bond donors (Lipinski definition) is 2. The predicted molar refractivity (Wildman–Crippen MR) is 140 cm³/mol. The van der Waals surface area contributed by atoms with Crippen molar-refractivity contribution in [1.82, 2.24) is 20.4 Å². The van der Waals surface area contributed by atoms with Gasteiger partial charge in [0.15, 0.2) is 5.96 Å². The summed E-state index contributed by atoms with van der Waals surface area (Å²) in [5.74, 6) is 0.845. The van der Waals surface area contributed by atoms with Crippen LogP contribution in [0.2, 0.25) is 0 Å². The Morgan fingerprint density at radius 1 is 0.935 bits per heavy atom. The number of halogens is 1. The van der Waals surface area contributed by atoms with Crippen LogP contribution in [0.15, 0.2) is 35.3 Å². The average molecular weight is 543 g/mol. The Morgan fingerprint density at radius 2 is 1.61 bits per heavy atom. The molecule has 7 nitrogen and oxygen atoms in total. The summed E-state index contributed by atoms with van der Waals surface area (Å²) >= 11 is 0. The zero-order valence-corrected chi connectivity index (χ0v) is 21.2. The van der Waals surface area contributed by atoms with Crippen molar-refractivity contribution in [3.63, 3.8) is 0 Å². The number of rotatable bonds is 7. The second-order valence-electron chi connectivity index (χ2n) is 8.17. The van der Waals surface area contributed by atoms with Crippen molar-refractivity contribution < 1.29 is 4.79 Å². The highest BCUT2D eigenvalue weighted by Crippen LogP contribution is 2.15. The highest BCUT2D eigenvalue weighted by molar-refractivity contribution is 14.0. The van der Waals surface area contributed by atoms with Gasteiger partial charge in [-0.1, -0.05) is 31.0 Å². The minimum atomic E-state index is 0. The van der Waals surface area contributed by atoms with Crippen LogP contribution in [-0.4, -0.2) is 87.6 Å². The average Bonchev–Trinajstić information content (AvgIpc) is 3.08. The van der Waals surface area contributed by atoms with Gasteiger partial charge in [-0.25, -0.2) is 0 Å². The molecule has 0 atom stereocenters. The van der Waals surface area contributed by atoms with Crippen LogP contribution in [0.1, 0.15) is 32.1 Å². The van der Waals surface area contributed by atoms with Crippen molar-refractivity contribution in [2.75, 3.05) is 70.9 Å². The smallest absolute Gasteiger partial charge is 0.242 e. The van der Waals surface area contributed by atoms with Crippen molar-refractivity contribution in [3.05, 3.63) is 30.3 Å². The van der Waals surface area contributed by atoms with Gasteiger partial charge < -0.3 is 25.3 Å². The van der Waals surface area contributed by atoms with Crippen LogP contribution >= 0.6 is 24.0 Å². The van der Waals surface area contributed by atoms with Gasteiger partial charge in [0.1, 0.15) is 0 Å². The number of anilines is 1. The fraction of sp³-hybridized carbons (Fsp3) is 0.652. The topological polar surface area (TPSA) is 63.2 Å². The Balaban J connectivity index is 0.00000341. The van der Waals surface area contributed by atoms with Gasteiger partial charge >= 0.3 is 0 Å². The molecular formula is C23H39IN6O. The molecule has 0 unspecified atom stereocenters. The molecule has 0 bridgehead atoms. The maximum absolute atomic E-state index is 12.6. The fourth-order valence-electron chi connectivity index (χ4n) is 4.21. The zero-order valence-electron chi connectivity index (χ0n) is 18.9. The van der Waals surface area contributed by atoms with Crippen LogP contribution < -0.4 is 15.5 Å². The first-order valence-electron chi connectivity index (χ1n) is 11.5. The number of aliphatic imine (C=N–C) groups is 1. The standard InChI is InChI=1S/C23H38N6O.HI/c1-24-23(25-12-9-15-27-13-7-2-3-8-14-27)26-20-22(30)29-18-16-28(17-19-29)21-10-5-4-6-11-21;/h4-6,10-11H,2-3,7-9,12-20H2,1H3,(H2,24,25,26);1H. The van der Waals surface area contributed by atoms with Gasteiger partial charge in [-0.2, -0.15) is 0 Å². The van der Waals surface area contributed by atoms with Crippen LogP contribution in [0.25, 0.3) is 0 Å². The maximum atomic E-state index is 12.6. The Hall–Kier alpha value is -1.55. The number of carbonyl (C=O) groups is 1. The molecule has 1 aromatic rings. The van der Waals surface area contributed by atoms with E-state index in [-0.39, 0.29) is 36.4 Å². The molecule has 0 aliphatic carbocycles. The van der Waals surface area contributed by atoms with Crippen LogP contribution in [0.5, 0.6) is 0 Å². The molecule has 2 N–H and O–H groups in total. The van der Waals surface area contributed by atoms with Gasteiger partial charge in [-0.3, -0.25) is 9.79 Å². The molecule has 2 saturated heterocycles. The Labute approximate surface area is 204 Å². The Kier molecular flexibility index (Phi) is 12.0.